The number of benzene rings is 2. The first-order chi connectivity index (χ1) is 10.2. The van der Waals surface area contributed by atoms with E-state index in [1.807, 2.05) is 35.9 Å². The third-order valence-corrected chi connectivity index (χ3v) is 3.88. The van der Waals surface area contributed by atoms with Gasteiger partial charge in [0.2, 0.25) is 0 Å². The first kappa shape index (κ1) is 14.1. The van der Waals surface area contributed by atoms with E-state index in [9.17, 15) is 0 Å². The topological polar surface area (TPSA) is 62.3 Å². The van der Waals surface area contributed by atoms with Crippen molar-refractivity contribution in [1.29, 1.82) is 0 Å². The van der Waals surface area contributed by atoms with Crippen molar-refractivity contribution in [3.63, 3.8) is 0 Å². The Morgan fingerprint density at radius 3 is 2.57 bits per heavy atom. The third kappa shape index (κ3) is 2.79. The van der Waals surface area contributed by atoms with Crippen LogP contribution in [0.2, 0.25) is 0 Å². The Bertz CT molecular complexity index is 768. The second kappa shape index (κ2) is 5.87. The molecule has 2 N–H and O–H groups in total. The van der Waals surface area contributed by atoms with Crippen molar-refractivity contribution in [2.45, 2.75) is 18.7 Å². The molecule has 0 fully saturated rings. The summed E-state index contributed by atoms with van der Waals surface area (Å²) in [6.45, 7) is 4.10. The second-order valence-electron chi connectivity index (χ2n) is 4.76. The molecule has 0 unspecified atom stereocenters. The van der Waals surface area contributed by atoms with Crippen LogP contribution in [0.25, 0.3) is 16.6 Å². The van der Waals surface area contributed by atoms with Crippen molar-refractivity contribution < 1.29 is 9.32 Å². The van der Waals surface area contributed by atoms with E-state index < -0.39 is 0 Å². The summed E-state index contributed by atoms with van der Waals surface area (Å²) in [5.74, 6) is 4.82. The fraction of sp³-hybridized carbons (Fsp3) is 0.133. The number of hydrogen-bond acceptors (Lipinski definition) is 5. The summed E-state index contributed by atoms with van der Waals surface area (Å²) in [7, 11) is 0. The van der Waals surface area contributed by atoms with Crippen molar-refractivity contribution in [2.24, 2.45) is 5.90 Å². The zero-order chi connectivity index (χ0) is 14.8. The highest BCUT2D eigenvalue weighted by molar-refractivity contribution is 7.94. The van der Waals surface area contributed by atoms with Gasteiger partial charge in [-0.3, -0.25) is 0 Å². The summed E-state index contributed by atoms with van der Waals surface area (Å²) < 4.78 is 6.58. The molecule has 0 radical (unpaired) electrons. The zero-order valence-corrected chi connectivity index (χ0v) is 12.6. The number of fused-ring (bicyclic) bond motifs is 1. The highest BCUT2D eigenvalue weighted by Gasteiger charge is 2.09. The Morgan fingerprint density at radius 1 is 1.10 bits per heavy atom. The van der Waals surface area contributed by atoms with Crippen LogP contribution in [0.3, 0.4) is 0 Å². The molecular weight excluding hydrogens is 286 g/mol. The average molecular weight is 301 g/mol. The first-order valence-electron chi connectivity index (χ1n) is 6.45. The van der Waals surface area contributed by atoms with Gasteiger partial charge >= 0.3 is 0 Å². The molecule has 0 bridgehead atoms. The lowest BCUT2D eigenvalue weighted by molar-refractivity contribution is -0.195. The van der Waals surface area contributed by atoms with Gasteiger partial charge in [-0.1, -0.05) is 12.1 Å². The molecule has 0 aliphatic rings. The molecule has 6 heteroatoms. The summed E-state index contributed by atoms with van der Waals surface area (Å²) >= 11 is 1.06. The number of aryl methyl sites for hydroxylation is 2. The van der Waals surface area contributed by atoms with Crippen LogP contribution >= 0.6 is 12.0 Å². The standard InChI is InChI=1S/C15H15N3O2S/c1-10-3-8-14-11(2)17-18(15(14)9-10)12-4-6-13(7-5-12)21-20-19-16/h3-9H,16H2,1-2H3. The molecule has 0 aliphatic heterocycles. The Balaban J connectivity index is 2.02. The SMILES string of the molecule is Cc1ccc2c(C)nn(-c3ccc(SOON)cc3)c2c1. The first-order valence-corrected chi connectivity index (χ1v) is 7.19. The van der Waals surface area contributed by atoms with Crippen LogP contribution in [0, 0.1) is 13.8 Å². The van der Waals surface area contributed by atoms with Crippen LogP contribution in [0.5, 0.6) is 0 Å². The Labute approximate surface area is 126 Å². The Hall–Kier alpha value is -1.86. The molecule has 0 amide bonds. The van der Waals surface area contributed by atoms with E-state index in [4.69, 9.17) is 5.90 Å². The number of aromatic nitrogens is 2. The van der Waals surface area contributed by atoms with Crippen LogP contribution < -0.4 is 5.90 Å². The largest absolute Gasteiger partial charge is 0.233 e. The Kier molecular flexibility index (Phi) is 3.94. The number of nitrogens with two attached hydrogens (primary N) is 1. The minimum atomic E-state index is 0.897. The summed E-state index contributed by atoms with van der Waals surface area (Å²) in [5, 5.41) is 5.79. The normalized spacial score (nSPS) is 11.2. The van der Waals surface area contributed by atoms with Gasteiger partial charge in [0, 0.05) is 10.3 Å². The molecule has 2 aromatic carbocycles. The van der Waals surface area contributed by atoms with Gasteiger partial charge in [-0.05, 0) is 49.7 Å². The van der Waals surface area contributed by atoms with E-state index >= 15 is 0 Å². The molecule has 0 spiro atoms. The lowest BCUT2D eigenvalue weighted by Gasteiger charge is -2.05. The van der Waals surface area contributed by atoms with E-state index in [1.165, 1.54) is 10.9 Å². The van der Waals surface area contributed by atoms with Crippen molar-refractivity contribution in [2.75, 3.05) is 0 Å². The van der Waals surface area contributed by atoms with E-state index in [1.54, 1.807) is 0 Å². The summed E-state index contributed by atoms with van der Waals surface area (Å²) in [4.78, 5) is 4.98. The number of hydrogen-bond donors (Lipinski definition) is 1. The van der Waals surface area contributed by atoms with Crippen molar-refractivity contribution in [3.05, 3.63) is 53.7 Å². The predicted octanol–water partition coefficient (Wildman–Crippen LogP) is 3.47. The quantitative estimate of drug-likeness (QED) is 0.454. The fourth-order valence-electron chi connectivity index (χ4n) is 2.28. The highest BCUT2D eigenvalue weighted by Crippen LogP contribution is 2.25. The molecule has 3 aromatic rings. The molecule has 5 nitrogen and oxygen atoms in total. The lowest BCUT2D eigenvalue weighted by Crippen LogP contribution is -1.97. The minimum absolute atomic E-state index is 0.897. The number of nitrogens with zero attached hydrogens (tertiary/aromatic N) is 2. The summed E-state index contributed by atoms with van der Waals surface area (Å²) in [6, 6.07) is 14.2. The highest BCUT2D eigenvalue weighted by atomic mass is 32.2. The van der Waals surface area contributed by atoms with Gasteiger partial charge < -0.3 is 0 Å². The van der Waals surface area contributed by atoms with E-state index in [0.29, 0.717) is 0 Å². The van der Waals surface area contributed by atoms with Gasteiger partial charge in [0.1, 0.15) is 0 Å². The summed E-state index contributed by atoms with van der Waals surface area (Å²) in [6.07, 6.45) is 0. The average Bonchev–Trinajstić information content (AvgIpc) is 2.82. The van der Waals surface area contributed by atoms with Gasteiger partial charge in [-0.25, -0.2) is 4.68 Å². The lowest BCUT2D eigenvalue weighted by atomic mass is 10.1. The third-order valence-electron chi connectivity index (χ3n) is 3.27. The molecule has 0 atom stereocenters. The van der Waals surface area contributed by atoms with E-state index in [2.05, 4.69) is 39.5 Å². The van der Waals surface area contributed by atoms with Crippen LogP contribution in [-0.2, 0) is 9.32 Å². The van der Waals surface area contributed by atoms with Crippen LogP contribution in [0.1, 0.15) is 11.3 Å². The minimum Gasteiger partial charge on any atom is -0.233 e. The van der Waals surface area contributed by atoms with Crippen LogP contribution in [0.4, 0.5) is 0 Å². The maximum absolute atomic E-state index is 4.82. The molecule has 1 aromatic heterocycles. The van der Waals surface area contributed by atoms with Gasteiger partial charge in [0.15, 0.2) is 0 Å². The van der Waals surface area contributed by atoms with Crippen LogP contribution in [0.15, 0.2) is 47.4 Å². The molecule has 0 saturated carbocycles. The number of rotatable bonds is 4. The Morgan fingerprint density at radius 2 is 1.86 bits per heavy atom. The van der Waals surface area contributed by atoms with Gasteiger partial charge in [0.05, 0.1) is 28.9 Å². The predicted molar refractivity (Wildman–Crippen MR) is 82.8 cm³/mol. The molecule has 108 valence electrons. The van der Waals surface area contributed by atoms with E-state index in [-0.39, 0.29) is 0 Å². The molecule has 3 rings (SSSR count). The molecular formula is C15H15N3O2S. The second-order valence-corrected chi connectivity index (χ2v) is 5.53. The maximum Gasteiger partial charge on any atom is 0.0746 e. The fourth-order valence-corrected chi connectivity index (χ4v) is 2.64. The molecule has 21 heavy (non-hydrogen) atoms. The van der Waals surface area contributed by atoms with Gasteiger partial charge in [-0.15, -0.1) is 9.32 Å². The van der Waals surface area contributed by atoms with Crippen molar-refractivity contribution in [1.82, 2.24) is 9.78 Å². The molecule has 0 aliphatic carbocycles. The smallest absolute Gasteiger partial charge is 0.0746 e. The van der Waals surface area contributed by atoms with E-state index in [0.717, 1.165) is 33.8 Å². The van der Waals surface area contributed by atoms with Crippen molar-refractivity contribution in [3.8, 4) is 5.69 Å². The molecule has 0 saturated heterocycles. The monoisotopic (exact) mass is 301 g/mol. The van der Waals surface area contributed by atoms with Crippen LogP contribution in [-0.4, -0.2) is 9.78 Å². The van der Waals surface area contributed by atoms with Gasteiger partial charge in [-0.2, -0.15) is 11.0 Å². The zero-order valence-electron chi connectivity index (χ0n) is 11.7. The summed E-state index contributed by atoms with van der Waals surface area (Å²) in [5.41, 5.74) is 4.33. The molecule has 1 heterocycles. The van der Waals surface area contributed by atoms with Crippen molar-refractivity contribution >= 4 is 22.9 Å². The maximum atomic E-state index is 4.82. The van der Waals surface area contributed by atoms with Gasteiger partial charge in [0.25, 0.3) is 0 Å².